The molecule has 1 rings (SSSR count). The monoisotopic (exact) mass is 297 g/mol. The predicted octanol–water partition coefficient (Wildman–Crippen LogP) is 3.67. The molecule has 0 aromatic heterocycles. The van der Waals surface area contributed by atoms with Gasteiger partial charge < -0.3 is 4.74 Å². The second-order valence-electron chi connectivity index (χ2n) is 5.23. The fourth-order valence-electron chi connectivity index (χ4n) is 1.36. The molecule has 0 radical (unpaired) electrons. The van der Waals surface area contributed by atoms with Crippen LogP contribution in [-0.2, 0) is 9.53 Å². The number of allylic oxidation sites excluding steroid dienone is 2. The molecule has 21 heavy (non-hydrogen) atoms. The summed E-state index contributed by atoms with van der Waals surface area (Å²) in [6.07, 6.45) is 5.30. The smallest absolute Gasteiger partial charge is 0.348 e. The molecule has 0 N–H and O–H groups in total. The van der Waals surface area contributed by atoms with Crippen molar-refractivity contribution < 1.29 is 9.53 Å². The van der Waals surface area contributed by atoms with Crippen molar-refractivity contribution in [3.63, 3.8) is 0 Å². The molecular formula is C17H19NO2Si. The number of hydrogen-bond donors (Lipinski definition) is 0. The van der Waals surface area contributed by atoms with E-state index >= 15 is 0 Å². The van der Waals surface area contributed by atoms with Gasteiger partial charge in [-0.15, -0.1) is 6.58 Å². The lowest BCUT2D eigenvalue weighted by atomic mass is 10.2. The number of carbonyl (C=O) groups excluding carboxylic acids is 1. The first-order valence-electron chi connectivity index (χ1n) is 6.63. The highest BCUT2D eigenvalue weighted by atomic mass is 28.3. The van der Waals surface area contributed by atoms with E-state index in [0.717, 1.165) is 5.56 Å². The van der Waals surface area contributed by atoms with E-state index in [1.807, 2.05) is 61.3 Å². The van der Waals surface area contributed by atoms with Gasteiger partial charge in [0.1, 0.15) is 19.7 Å². The topological polar surface area (TPSA) is 50.1 Å². The lowest BCUT2D eigenvalue weighted by Gasteiger charge is -2.16. The number of carbonyl (C=O) groups is 1. The molecule has 0 amide bonds. The molecule has 108 valence electrons. The second-order valence-corrected chi connectivity index (χ2v) is 9.90. The van der Waals surface area contributed by atoms with Crippen molar-refractivity contribution >= 4 is 20.1 Å². The minimum absolute atomic E-state index is 0.00366. The van der Waals surface area contributed by atoms with Crippen molar-refractivity contribution in [1.82, 2.24) is 0 Å². The third-order valence-electron chi connectivity index (χ3n) is 2.82. The Hall–Kier alpha value is -2.38. The van der Waals surface area contributed by atoms with Crippen LogP contribution in [0.2, 0.25) is 13.1 Å². The van der Waals surface area contributed by atoms with Crippen LogP contribution < -0.4 is 0 Å². The Morgan fingerprint density at radius 1 is 1.38 bits per heavy atom. The Bertz CT molecular complexity index is 595. The molecule has 0 aliphatic heterocycles. The van der Waals surface area contributed by atoms with Crippen LogP contribution in [0.25, 0.3) is 6.08 Å². The third kappa shape index (κ3) is 6.06. The lowest BCUT2D eigenvalue weighted by molar-refractivity contribution is -0.136. The van der Waals surface area contributed by atoms with Crippen molar-refractivity contribution in [1.29, 1.82) is 5.26 Å². The quantitative estimate of drug-likeness (QED) is 0.265. The predicted molar refractivity (Wildman–Crippen MR) is 87.8 cm³/mol. The molecule has 0 heterocycles. The van der Waals surface area contributed by atoms with E-state index in [2.05, 4.69) is 6.58 Å². The molecule has 0 unspecified atom stereocenters. The van der Waals surface area contributed by atoms with Crippen LogP contribution in [-0.4, -0.2) is 20.3 Å². The van der Waals surface area contributed by atoms with Crippen LogP contribution >= 0.6 is 0 Å². The van der Waals surface area contributed by atoms with Crippen molar-refractivity contribution in [2.24, 2.45) is 0 Å². The summed E-state index contributed by atoms with van der Waals surface area (Å²) in [6.45, 7) is 7.82. The Labute approximate surface area is 126 Å². The molecule has 0 aliphatic rings. The lowest BCUT2D eigenvalue weighted by Crippen LogP contribution is -2.32. The first kappa shape index (κ1) is 16.7. The normalized spacial score (nSPS) is 12.0. The molecule has 4 heteroatoms. The highest BCUT2D eigenvalue weighted by Gasteiger charge is 2.20. The Morgan fingerprint density at radius 2 is 2.05 bits per heavy atom. The summed E-state index contributed by atoms with van der Waals surface area (Å²) in [5, 5.41) is 9.02. The zero-order valence-electron chi connectivity index (χ0n) is 12.4. The van der Waals surface area contributed by atoms with Gasteiger partial charge in [-0.05, 0) is 11.6 Å². The zero-order chi connectivity index (χ0) is 15.7. The number of esters is 1. The summed E-state index contributed by atoms with van der Waals surface area (Å²) in [5.41, 5.74) is 2.85. The Morgan fingerprint density at radius 3 is 2.62 bits per heavy atom. The van der Waals surface area contributed by atoms with Gasteiger partial charge in [-0.2, -0.15) is 5.26 Å². The summed E-state index contributed by atoms with van der Waals surface area (Å²) < 4.78 is 5.18. The van der Waals surface area contributed by atoms with Crippen LogP contribution in [0.5, 0.6) is 0 Å². The maximum atomic E-state index is 11.8. The maximum absolute atomic E-state index is 11.8. The Balaban J connectivity index is 2.68. The summed E-state index contributed by atoms with van der Waals surface area (Å²) in [6, 6.07) is 11.5. The number of ether oxygens (including phenoxy) is 1. The molecule has 0 spiro atoms. The first-order chi connectivity index (χ1) is 9.98. The van der Waals surface area contributed by atoms with E-state index in [1.54, 1.807) is 6.08 Å². The van der Waals surface area contributed by atoms with Crippen LogP contribution in [0.4, 0.5) is 0 Å². The summed E-state index contributed by atoms with van der Waals surface area (Å²) in [7, 11) is -1.72. The number of benzene rings is 1. The zero-order valence-corrected chi connectivity index (χ0v) is 13.4. The standard InChI is InChI=1S/C17H19NO2Si/c1-4-21(2,3)14-20-17(19)16(13-18)12-8-11-15-9-6-5-7-10-15/h4-12H,1,14H2,2-3H3/b11-8-,16-12+. The highest BCUT2D eigenvalue weighted by Crippen LogP contribution is 2.07. The fourth-order valence-corrected chi connectivity index (χ4v) is 1.98. The van der Waals surface area contributed by atoms with E-state index in [9.17, 15) is 4.79 Å². The minimum atomic E-state index is -1.72. The third-order valence-corrected chi connectivity index (χ3v) is 4.81. The first-order valence-corrected chi connectivity index (χ1v) is 9.91. The molecule has 1 aromatic carbocycles. The summed E-state index contributed by atoms with van der Waals surface area (Å²) >= 11 is 0. The molecule has 0 atom stereocenters. The van der Waals surface area contributed by atoms with E-state index < -0.39 is 14.0 Å². The van der Waals surface area contributed by atoms with Gasteiger partial charge in [0, 0.05) is 0 Å². The Kier molecular flexibility index (Phi) is 6.37. The molecule has 0 fully saturated rings. The maximum Gasteiger partial charge on any atom is 0.348 e. The van der Waals surface area contributed by atoms with Gasteiger partial charge in [-0.1, -0.05) is 61.3 Å². The number of nitrogens with zero attached hydrogens (tertiary/aromatic N) is 1. The van der Waals surface area contributed by atoms with Crippen LogP contribution in [0.1, 0.15) is 5.56 Å². The van der Waals surface area contributed by atoms with Crippen LogP contribution in [0.15, 0.2) is 60.3 Å². The number of nitriles is 1. The van der Waals surface area contributed by atoms with E-state index in [4.69, 9.17) is 10.00 Å². The summed E-state index contributed by atoms with van der Waals surface area (Å²) in [5.74, 6) is -0.586. The largest absolute Gasteiger partial charge is 0.465 e. The number of hydrogen-bond acceptors (Lipinski definition) is 3. The molecular weight excluding hydrogens is 278 g/mol. The van der Waals surface area contributed by atoms with Gasteiger partial charge in [0.25, 0.3) is 0 Å². The molecule has 0 aliphatic carbocycles. The van der Waals surface area contributed by atoms with Gasteiger partial charge in [-0.25, -0.2) is 4.79 Å². The van der Waals surface area contributed by atoms with Gasteiger partial charge in [0.15, 0.2) is 0 Å². The van der Waals surface area contributed by atoms with E-state index in [0.29, 0.717) is 6.23 Å². The summed E-state index contributed by atoms with van der Waals surface area (Å²) in [4.78, 5) is 11.8. The van der Waals surface area contributed by atoms with Crippen molar-refractivity contribution in [2.75, 3.05) is 6.23 Å². The van der Waals surface area contributed by atoms with Gasteiger partial charge in [0.2, 0.25) is 0 Å². The highest BCUT2D eigenvalue weighted by molar-refractivity contribution is 6.82. The average Bonchev–Trinajstić information content (AvgIpc) is 2.50. The van der Waals surface area contributed by atoms with E-state index in [-0.39, 0.29) is 5.57 Å². The molecule has 1 aromatic rings. The van der Waals surface area contributed by atoms with Crippen LogP contribution in [0, 0.1) is 11.3 Å². The minimum Gasteiger partial charge on any atom is -0.465 e. The average molecular weight is 297 g/mol. The fraction of sp³-hybridized carbons (Fsp3) is 0.176. The van der Waals surface area contributed by atoms with Crippen molar-refractivity contribution in [3.05, 3.63) is 65.9 Å². The van der Waals surface area contributed by atoms with E-state index in [1.165, 1.54) is 6.08 Å². The number of rotatable bonds is 6. The SMILES string of the molecule is C=C[Si](C)(C)COC(=O)/C(C#N)=C/C=C\c1ccccc1. The molecule has 0 saturated heterocycles. The van der Waals surface area contributed by atoms with Gasteiger partial charge in [0.05, 0.1) is 6.23 Å². The molecule has 3 nitrogen and oxygen atoms in total. The van der Waals surface area contributed by atoms with Gasteiger partial charge in [-0.3, -0.25) is 0 Å². The van der Waals surface area contributed by atoms with Crippen LogP contribution in [0.3, 0.4) is 0 Å². The molecule has 0 saturated carbocycles. The molecule has 0 bridgehead atoms. The second kappa shape index (κ2) is 8.03. The van der Waals surface area contributed by atoms with Gasteiger partial charge >= 0.3 is 5.97 Å². The van der Waals surface area contributed by atoms with Crippen molar-refractivity contribution in [3.8, 4) is 6.07 Å². The van der Waals surface area contributed by atoms with Crippen molar-refractivity contribution in [2.45, 2.75) is 13.1 Å².